The van der Waals surface area contributed by atoms with Crippen LogP contribution in [0, 0.1) is 0 Å². The molecule has 0 amide bonds. The zero-order valence-corrected chi connectivity index (χ0v) is 8.41. The van der Waals surface area contributed by atoms with Crippen LogP contribution >= 0.6 is 0 Å². The van der Waals surface area contributed by atoms with Crippen molar-refractivity contribution in [2.45, 2.75) is 6.42 Å². The Morgan fingerprint density at radius 3 is 2.82 bits per heavy atom. The minimum absolute atomic E-state index is 1.11. The van der Waals surface area contributed by atoms with Crippen LogP contribution in [0.1, 0.15) is 17.5 Å². The van der Waals surface area contributed by atoms with Crippen molar-refractivity contribution in [3.63, 3.8) is 0 Å². The van der Waals surface area contributed by atoms with E-state index in [2.05, 4.69) is 58.2 Å². The number of hydrogen-bond donors (Lipinski definition) is 0. The summed E-state index contributed by atoms with van der Waals surface area (Å²) in [5, 5.41) is 0. The summed E-state index contributed by atoms with van der Waals surface area (Å²) in [5.41, 5.74) is 2.78. The summed E-state index contributed by atoms with van der Waals surface area (Å²) in [6.07, 6.45) is 5.53. The van der Waals surface area contributed by atoms with Gasteiger partial charge in [-0.05, 0) is 0 Å². The van der Waals surface area contributed by atoms with Crippen molar-refractivity contribution in [2.24, 2.45) is 0 Å². The average Bonchev–Trinajstić information content (AvgIpc) is 2.06. The average molecular weight is 256 g/mol. The van der Waals surface area contributed by atoms with Gasteiger partial charge in [0.25, 0.3) is 0 Å². The van der Waals surface area contributed by atoms with Gasteiger partial charge in [-0.3, -0.25) is 0 Å². The SMILES string of the molecule is [Te]=C1CC=Cc2ccccc21. The molecule has 0 saturated heterocycles. The molecule has 0 aliphatic heterocycles. The van der Waals surface area contributed by atoms with E-state index in [0.29, 0.717) is 0 Å². The molecule has 1 heteroatoms. The predicted molar refractivity (Wildman–Crippen MR) is 50.0 cm³/mol. The maximum atomic E-state index is 2.22. The van der Waals surface area contributed by atoms with Crippen LogP contribution in [0.4, 0.5) is 0 Å². The summed E-state index contributed by atoms with van der Waals surface area (Å²) in [5.74, 6) is 0. The van der Waals surface area contributed by atoms with Gasteiger partial charge in [0.15, 0.2) is 0 Å². The Morgan fingerprint density at radius 1 is 1.18 bits per heavy atom. The Labute approximate surface area is 79.3 Å². The summed E-state index contributed by atoms with van der Waals surface area (Å²) >= 11 is 2.12. The van der Waals surface area contributed by atoms with Crippen LogP contribution < -0.4 is 0 Å². The zero-order valence-electron chi connectivity index (χ0n) is 6.08. The third-order valence-corrected chi connectivity index (χ3v) is 2.97. The van der Waals surface area contributed by atoms with Crippen molar-refractivity contribution in [1.29, 1.82) is 0 Å². The molecule has 1 aliphatic rings. The number of fused-ring (bicyclic) bond motifs is 1. The molecule has 0 atom stereocenters. The Kier molecular flexibility index (Phi) is 1.94. The summed E-state index contributed by atoms with van der Waals surface area (Å²) in [7, 11) is 0. The van der Waals surface area contributed by atoms with Crippen molar-refractivity contribution in [2.75, 3.05) is 0 Å². The molecule has 0 unspecified atom stereocenters. The first-order chi connectivity index (χ1) is 5.38. The van der Waals surface area contributed by atoms with E-state index in [1.807, 2.05) is 0 Å². The van der Waals surface area contributed by atoms with Gasteiger partial charge in [-0.1, -0.05) is 0 Å². The van der Waals surface area contributed by atoms with Crippen LogP contribution in [0.5, 0.6) is 0 Å². The minimum atomic E-state index is 1.11. The van der Waals surface area contributed by atoms with Gasteiger partial charge in [-0.2, -0.15) is 0 Å². The molecule has 1 aromatic rings. The molecule has 0 aromatic heterocycles. The van der Waals surface area contributed by atoms with E-state index in [4.69, 9.17) is 0 Å². The second kappa shape index (κ2) is 2.93. The number of hydrogen-bond acceptors (Lipinski definition) is 0. The molecule has 0 spiro atoms. The molecular weight excluding hydrogens is 248 g/mol. The molecule has 0 N–H and O–H groups in total. The first-order valence-corrected chi connectivity index (χ1v) is 4.83. The van der Waals surface area contributed by atoms with Crippen molar-refractivity contribution in [3.05, 3.63) is 41.5 Å². The molecule has 2 rings (SSSR count). The molecule has 0 saturated carbocycles. The Hall–Kier alpha value is -0.380. The van der Waals surface area contributed by atoms with Crippen molar-refractivity contribution < 1.29 is 0 Å². The molecule has 0 fully saturated rings. The van der Waals surface area contributed by atoms with E-state index in [0.717, 1.165) is 6.42 Å². The van der Waals surface area contributed by atoms with Gasteiger partial charge < -0.3 is 0 Å². The molecule has 0 radical (unpaired) electrons. The van der Waals surface area contributed by atoms with Crippen LogP contribution in [-0.4, -0.2) is 25.4 Å². The number of rotatable bonds is 0. The van der Waals surface area contributed by atoms with E-state index < -0.39 is 0 Å². The molecule has 0 nitrogen and oxygen atoms in total. The van der Waals surface area contributed by atoms with Gasteiger partial charge in [0.2, 0.25) is 0 Å². The summed E-state index contributed by atoms with van der Waals surface area (Å²) in [6, 6.07) is 8.54. The van der Waals surface area contributed by atoms with Gasteiger partial charge in [0.1, 0.15) is 0 Å². The van der Waals surface area contributed by atoms with Gasteiger partial charge >= 0.3 is 79.3 Å². The van der Waals surface area contributed by atoms with Gasteiger partial charge in [-0.25, -0.2) is 0 Å². The first kappa shape index (κ1) is 7.28. The molecular formula is C10H8Te. The van der Waals surface area contributed by atoms with Crippen LogP contribution in [0.25, 0.3) is 6.08 Å². The summed E-state index contributed by atoms with van der Waals surface area (Å²) in [4.78, 5) is 0. The Bertz CT molecular complexity index is 323. The fourth-order valence-corrected chi connectivity index (χ4v) is 2.10. The van der Waals surface area contributed by atoms with Crippen LogP contribution in [-0.2, 0) is 0 Å². The zero-order chi connectivity index (χ0) is 7.68. The number of benzene rings is 1. The standard InChI is InChI=1S/C10H8Te/c11-10-7-3-5-8-4-1-2-6-9(8)10/h1-6H,7H2. The molecule has 1 aliphatic carbocycles. The van der Waals surface area contributed by atoms with E-state index in [-0.39, 0.29) is 0 Å². The third-order valence-electron chi connectivity index (χ3n) is 1.86. The van der Waals surface area contributed by atoms with Gasteiger partial charge in [-0.15, -0.1) is 0 Å². The summed E-state index contributed by atoms with van der Waals surface area (Å²) < 4.78 is 1.49. The third kappa shape index (κ3) is 1.31. The van der Waals surface area contributed by atoms with Crippen molar-refractivity contribution in [1.82, 2.24) is 0 Å². The molecule has 1 aromatic carbocycles. The van der Waals surface area contributed by atoms with Crippen LogP contribution in [0.3, 0.4) is 0 Å². The fourth-order valence-electron chi connectivity index (χ4n) is 1.30. The topological polar surface area (TPSA) is 0 Å². The Balaban J connectivity index is 2.63. The van der Waals surface area contributed by atoms with Crippen LogP contribution in [0.15, 0.2) is 30.3 Å². The second-order valence-electron chi connectivity index (χ2n) is 2.62. The second-order valence-corrected chi connectivity index (χ2v) is 4.02. The molecule has 0 heterocycles. The quantitative estimate of drug-likeness (QED) is 0.620. The van der Waals surface area contributed by atoms with E-state index in [1.165, 1.54) is 14.7 Å². The normalized spacial score (nSPS) is 14.7. The number of allylic oxidation sites excluding steroid dienone is 1. The summed E-state index contributed by atoms with van der Waals surface area (Å²) in [6.45, 7) is 0. The van der Waals surface area contributed by atoms with E-state index in [9.17, 15) is 0 Å². The van der Waals surface area contributed by atoms with E-state index >= 15 is 0 Å². The molecule has 11 heavy (non-hydrogen) atoms. The van der Waals surface area contributed by atoms with Gasteiger partial charge in [0, 0.05) is 0 Å². The molecule has 0 bridgehead atoms. The van der Waals surface area contributed by atoms with Crippen molar-refractivity contribution in [3.8, 4) is 0 Å². The predicted octanol–water partition coefficient (Wildman–Crippen LogP) is 1.79. The fraction of sp³-hybridized carbons (Fsp3) is 0.100. The molecule has 54 valence electrons. The van der Waals surface area contributed by atoms with Gasteiger partial charge in [0.05, 0.1) is 0 Å². The van der Waals surface area contributed by atoms with Crippen molar-refractivity contribution >= 4 is 31.4 Å². The van der Waals surface area contributed by atoms with E-state index in [1.54, 1.807) is 0 Å². The first-order valence-electron chi connectivity index (χ1n) is 3.67. The Morgan fingerprint density at radius 2 is 2.00 bits per heavy atom. The maximum absolute atomic E-state index is 2.22. The van der Waals surface area contributed by atoms with Crippen LogP contribution in [0.2, 0.25) is 0 Å². The monoisotopic (exact) mass is 258 g/mol.